The molecule has 0 aliphatic rings. The summed E-state index contributed by atoms with van der Waals surface area (Å²) in [6.07, 6.45) is 0.500. The van der Waals surface area contributed by atoms with Gasteiger partial charge in [0.1, 0.15) is 0 Å². The Morgan fingerprint density at radius 2 is 1.41 bits per heavy atom. The lowest BCUT2D eigenvalue weighted by molar-refractivity contribution is -0.131. The summed E-state index contributed by atoms with van der Waals surface area (Å²) < 4.78 is 0. The van der Waals surface area contributed by atoms with Crippen LogP contribution in [-0.4, -0.2) is 23.3 Å². The molecule has 4 nitrogen and oxygen atoms in total. The molecule has 0 aliphatic heterocycles. The average molecular weight is 296 g/mol. The van der Waals surface area contributed by atoms with Crippen LogP contribution in [0, 0.1) is 0 Å². The molecule has 2 N–H and O–H groups in total. The molecule has 0 fully saturated rings. The minimum Gasteiger partial charge on any atom is -0.370 e. The molecule has 2 amide bonds. The van der Waals surface area contributed by atoms with Crippen LogP contribution in [0.1, 0.15) is 17.5 Å². The molecule has 0 atom stereocenters. The third-order valence-corrected chi connectivity index (χ3v) is 3.40. The zero-order valence-electron chi connectivity index (χ0n) is 12.4. The normalized spacial score (nSPS) is 10.2. The Balaban J connectivity index is 2.05. The van der Waals surface area contributed by atoms with Gasteiger partial charge in [0.25, 0.3) is 0 Å². The standard InChI is InChI=1S/C18H20N2O2/c19-17(21)11-12-20(14-16-9-5-2-6-10-16)18(22)13-15-7-3-1-4-8-15/h1-10H,11-14H2,(H2,19,21). The van der Waals surface area contributed by atoms with Gasteiger partial charge in [-0.3, -0.25) is 9.59 Å². The van der Waals surface area contributed by atoms with Gasteiger partial charge in [-0.15, -0.1) is 0 Å². The van der Waals surface area contributed by atoms with Crippen LogP contribution in [0.4, 0.5) is 0 Å². The largest absolute Gasteiger partial charge is 0.370 e. The van der Waals surface area contributed by atoms with Gasteiger partial charge in [-0.05, 0) is 11.1 Å². The van der Waals surface area contributed by atoms with Gasteiger partial charge in [0.05, 0.1) is 6.42 Å². The van der Waals surface area contributed by atoms with E-state index in [1.54, 1.807) is 4.90 Å². The van der Waals surface area contributed by atoms with Gasteiger partial charge in [0.2, 0.25) is 11.8 Å². The number of nitrogens with two attached hydrogens (primary N) is 1. The van der Waals surface area contributed by atoms with E-state index in [1.165, 1.54) is 0 Å². The minimum absolute atomic E-state index is 0.00342. The summed E-state index contributed by atoms with van der Waals surface area (Å²) in [7, 11) is 0. The Kier molecular flexibility index (Phi) is 5.72. The lowest BCUT2D eigenvalue weighted by Gasteiger charge is -2.22. The SMILES string of the molecule is NC(=O)CCN(Cc1ccccc1)C(=O)Cc1ccccc1. The number of hydrogen-bond acceptors (Lipinski definition) is 2. The second kappa shape index (κ2) is 7.98. The number of primary amides is 1. The molecule has 22 heavy (non-hydrogen) atoms. The molecule has 0 spiro atoms. The van der Waals surface area contributed by atoms with Gasteiger partial charge in [-0.1, -0.05) is 60.7 Å². The Hall–Kier alpha value is -2.62. The maximum Gasteiger partial charge on any atom is 0.227 e. The van der Waals surface area contributed by atoms with Gasteiger partial charge >= 0.3 is 0 Å². The molecule has 0 radical (unpaired) electrons. The molecule has 2 aromatic rings. The third kappa shape index (κ3) is 5.05. The van der Waals surface area contributed by atoms with Crippen molar-refractivity contribution in [3.05, 3.63) is 71.8 Å². The van der Waals surface area contributed by atoms with Gasteiger partial charge in [-0.25, -0.2) is 0 Å². The highest BCUT2D eigenvalue weighted by Gasteiger charge is 2.15. The van der Waals surface area contributed by atoms with Crippen LogP contribution in [-0.2, 0) is 22.6 Å². The molecule has 0 unspecified atom stereocenters. The zero-order chi connectivity index (χ0) is 15.8. The molecule has 0 saturated heterocycles. The van der Waals surface area contributed by atoms with Gasteiger partial charge in [0, 0.05) is 19.5 Å². The fourth-order valence-electron chi connectivity index (χ4n) is 2.22. The van der Waals surface area contributed by atoms with E-state index in [2.05, 4.69) is 0 Å². The second-order valence-corrected chi connectivity index (χ2v) is 5.18. The number of rotatable bonds is 7. The van der Waals surface area contributed by atoms with Crippen molar-refractivity contribution in [1.82, 2.24) is 4.90 Å². The quantitative estimate of drug-likeness (QED) is 0.850. The van der Waals surface area contributed by atoms with E-state index in [0.717, 1.165) is 11.1 Å². The molecule has 2 rings (SSSR count). The van der Waals surface area contributed by atoms with Gasteiger partial charge in [0.15, 0.2) is 0 Å². The molecular weight excluding hydrogens is 276 g/mol. The number of carbonyl (C=O) groups is 2. The number of benzene rings is 2. The van der Waals surface area contributed by atoms with E-state index < -0.39 is 5.91 Å². The van der Waals surface area contributed by atoms with Gasteiger partial charge < -0.3 is 10.6 Å². The molecular formula is C18H20N2O2. The van der Waals surface area contributed by atoms with Crippen molar-refractivity contribution in [1.29, 1.82) is 0 Å². The first-order valence-corrected chi connectivity index (χ1v) is 7.29. The summed E-state index contributed by atoms with van der Waals surface area (Å²) in [5.41, 5.74) is 7.21. The first kappa shape index (κ1) is 15.8. The number of nitrogens with zero attached hydrogens (tertiary/aromatic N) is 1. The van der Waals surface area contributed by atoms with Crippen LogP contribution in [0.2, 0.25) is 0 Å². The lowest BCUT2D eigenvalue weighted by Crippen LogP contribution is -2.34. The Morgan fingerprint density at radius 3 is 1.95 bits per heavy atom. The topological polar surface area (TPSA) is 63.4 Å². The monoisotopic (exact) mass is 296 g/mol. The summed E-state index contributed by atoms with van der Waals surface area (Å²) in [6.45, 7) is 0.829. The van der Waals surface area contributed by atoms with Crippen LogP contribution in [0.5, 0.6) is 0 Å². The summed E-state index contributed by atoms with van der Waals surface area (Å²) in [5.74, 6) is -0.401. The Labute approximate surface area is 130 Å². The van der Waals surface area contributed by atoms with E-state index in [9.17, 15) is 9.59 Å². The highest BCUT2D eigenvalue weighted by atomic mass is 16.2. The highest BCUT2D eigenvalue weighted by molar-refractivity contribution is 5.80. The summed E-state index contributed by atoms with van der Waals surface area (Å²) in [6, 6.07) is 19.3. The van der Waals surface area contributed by atoms with Crippen molar-refractivity contribution in [2.45, 2.75) is 19.4 Å². The first-order valence-electron chi connectivity index (χ1n) is 7.29. The number of amides is 2. The molecule has 2 aromatic carbocycles. The zero-order valence-corrected chi connectivity index (χ0v) is 12.4. The third-order valence-electron chi connectivity index (χ3n) is 3.40. The van der Waals surface area contributed by atoms with Crippen molar-refractivity contribution < 1.29 is 9.59 Å². The van der Waals surface area contributed by atoms with Crippen LogP contribution in [0.25, 0.3) is 0 Å². The van der Waals surface area contributed by atoms with Crippen molar-refractivity contribution in [2.24, 2.45) is 5.73 Å². The first-order chi connectivity index (χ1) is 10.6. The van der Waals surface area contributed by atoms with E-state index in [4.69, 9.17) is 5.73 Å². The molecule has 4 heteroatoms. The summed E-state index contributed by atoms with van der Waals surface area (Å²) in [5, 5.41) is 0. The molecule has 0 aliphatic carbocycles. The van der Waals surface area contributed by atoms with Crippen molar-refractivity contribution in [2.75, 3.05) is 6.54 Å². The predicted octanol–water partition coefficient (Wildman–Crippen LogP) is 2.13. The molecule has 0 heterocycles. The second-order valence-electron chi connectivity index (χ2n) is 5.18. The van der Waals surface area contributed by atoms with Crippen molar-refractivity contribution in [3.63, 3.8) is 0 Å². The molecule has 0 aromatic heterocycles. The number of hydrogen-bond donors (Lipinski definition) is 1. The molecule has 114 valence electrons. The summed E-state index contributed by atoms with van der Waals surface area (Å²) in [4.78, 5) is 25.2. The Morgan fingerprint density at radius 1 is 0.864 bits per heavy atom. The average Bonchev–Trinajstić information content (AvgIpc) is 2.53. The predicted molar refractivity (Wildman–Crippen MR) is 85.8 cm³/mol. The maximum atomic E-state index is 12.5. The fourth-order valence-corrected chi connectivity index (χ4v) is 2.22. The van der Waals surface area contributed by atoms with E-state index in [0.29, 0.717) is 19.5 Å². The van der Waals surface area contributed by atoms with Crippen molar-refractivity contribution >= 4 is 11.8 Å². The maximum absolute atomic E-state index is 12.5. The van der Waals surface area contributed by atoms with Crippen LogP contribution in [0.3, 0.4) is 0 Å². The van der Waals surface area contributed by atoms with Crippen LogP contribution < -0.4 is 5.73 Å². The number of carbonyl (C=O) groups excluding carboxylic acids is 2. The summed E-state index contributed by atoms with van der Waals surface area (Å²) >= 11 is 0. The van der Waals surface area contributed by atoms with Crippen LogP contribution >= 0.6 is 0 Å². The lowest BCUT2D eigenvalue weighted by atomic mass is 10.1. The van der Waals surface area contributed by atoms with E-state index in [1.807, 2.05) is 60.7 Å². The smallest absolute Gasteiger partial charge is 0.227 e. The van der Waals surface area contributed by atoms with Gasteiger partial charge in [-0.2, -0.15) is 0 Å². The van der Waals surface area contributed by atoms with Crippen molar-refractivity contribution in [3.8, 4) is 0 Å². The van der Waals surface area contributed by atoms with E-state index in [-0.39, 0.29) is 12.3 Å². The highest BCUT2D eigenvalue weighted by Crippen LogP contribution is 2.09. The molecule has 0 bridgehead atoms. The Bertz CT molecular complexity index is 611. The van der Waals surface area contributed by atoms with E-state index >= 15 is 0 Å². The molecule has 0 saturated carbocycles. The fraction of sp³-hybridized carbons (Fsp3) is 0.222. The minimum atomic E-state index is -0.398. The van der Waals surface area contributed by atoms with Crippen LogP contribution in [0.15, 0.2) is 60.7 Å².